The lowest BCUT2D eigenvalue weighted by atomic mass is 10.1. The third-order valence-electron chi connectivity index (χ3n) is 6.36. The van der Waals surface area contributed by atoms with E-state index >= 15 is 0 Å². The fourth-order valence-electron chi connectivity index (χ4n) is 2.29. The molecular formula is C22H48O3Si2. The minimum absolute atomic E-state index is 0.00853. The van der Waals surface area contributed by atoms with Crippen molar-refractivity contribution in [2.45, 2.75) is 123 Å². The van der Waals surface area contributed by atoms with E-state index in [4.69, 9.17) is 8.85 Å². The van der Waals surface area contributed by atoms with Crippen LogP contribution in [0, 0.1) is 0 Å². The van der Waals surface area contributed by atoms with Crippen LogP contribution in [0.5, 0.6) is 0 Å². The average Bonchev–Trinajstić information content (AvgIpc) is 2.49. The molecule has 0 aromatic heterocycles. The molecular weight excluding hydrogens is 368 g/mol. The molecule has 0 aliphatic heterocycles. The predicted octanol–water partition coefficient (Wildman–Crippen LogP) is 6.90. The molecule has 0 aliphatic rings. The van der Waals surface area contributed by atoms with Gasteiger partial charge in [0.2, 0.25) is 0 Å². The summed E-state index contributed by atoms with van der Waals surface area (Å²) in [6.45, 7) is 24.8. The maximum absolute atomic E-state index is 10.2. The van der Waals surface area contributed by atoms with E-state index in [0.717, 1.165) is 12.8 Å². The maximum Gasteiger partial charge on any atom is 0.192 e. The van der Waals surface area contributed by atoms with Crippen LogP contribution in [0.3, 0.4) is 0 Å². The van der Waals surface area contributed by atoms with Crippen LogP contribution in [0.25, 0.3) is 0 Å². The molecule has 0 bridgehead atoms. The monoisotopic (exact) mass is 416 g/mol. The van der Waals surface area contributed by atoms with Gasteiger partial charge in [-0.1, -0.05) is 73.5 Å². The van der Waals surface area contributed by atoms with E-state index in [1.54, 1.807) is 0 Å². The molecule has 162 valence electrons. The van der Waals surface area contributed by atoms with E-state index in [9.17, 15) is 5.11 Å². The van der Waals surface area contributed by atoms with Crippen molar-refractivity contribution in [3.63, 3.8) is 0 Å². The Bertz CT molecular complexity index is 445. The van der Waals surface area contributed by atoms with E-state index in [1.165, 1.54) is 12.8 Å². The second kappa shape index (κ2) is 10.7. The Morgan fingerprint density at radius 3 is 1.63 bits per heavy atom. The average molecular weight is 417 g/mol. The van der Waals surface area contributed by atoms with Crippen LogP contribution in [-0.2, 0) is 8.85 Å². The van der Waals surface area contributed by atoms with Crippen molar-refractivity contribution in [3.8, 4) is 0 Å². The Labute approximate surface area is 172 Å². The number of rotatable bonds is 11. The molecule has 27 heavy (non-hydrogen) atoms. The number of unbranched alkanes of at least 4 members (excludes halogenated alkanes) is 2. The lowest BCUT2D eigenvalue weighted by molar-refractivity contribution is 0.00233. The molecule has 0 radical (unpaired) electrons. The molecule has 3 nitrogen and oxygen atoms in total. The summed E-state index contributed by atoms with van der Waals surface area (Å²) < 4.78 is 13.3. The van der Waals surface area contributed by atoms with Crippen LogP contribution in [0.2, 0.25) is 36.3 Å². The Hall–Kier alpha value is 0.0538. The topological polar surface area (TPSA) is 38.7 Å². The normalized spacial score (nSPS) is 16.7. The first kappa shape index (κ1) is 27.1. The molecule has 0 saturated carbocycles. The summed E-state index contributed by atoms with van der Waals surface area (Å²) in [4.78, 5) is 0. The highest BCUT2D eigenvalue weighted by molar-refractivity contribution is 6.74. The van der Waals surface area contributed by atoms with Gasteiger partial charge < -0.3 is 14.0 Å². The second-order valence-corrected chi connectivity index (χ2v) is 20.4. The molecule has 0 unspecified atom stereocenters. The van der Waals surface area contributed by atoms with Crippen molar-refractivity contribution in [2.75, 3.05) is 6.61 Å². The molecule has 0 heterocycles. The van der Waals surface area contributed by atoms with Gasteiger partial charge in [0.05, 0.1) is 18.8 Å². The molecule has 1 N–H and O–H groups in total. The number of allylic oxidation sites excluding steroid dienone is 1. The number of aliphatic hydroxyl groups is 1. The Kier molecular flexibility index (Phi) is 10.7. The first-order valence-electron chi connectivity index (χ1n) is 10.7. The van der Waals surface area contributed by atoms with Crippen LogP contribution in [0.1, 0.15) is 74.1 Å². The first-order valence-corrected chi connectivity index (χ1v) is 16.5. The van der Waals surface area contributed by atoms with Gasteiger partial charge in [-0.3, -0.25) is 0 Å². The number of hydrogen-bond acceptors (Lipinski definition) is 3. The molecule has 0 aromatic rings. The molecule has 5 heteroatoms. The van der Waals surface area contributed by atoms with Crippen molar-refractivity contribution < 1.29 is 14.0 Å². The van der Waals surface area contributed by atoms with Gasteiger partial charge in [0, 0.05) is 0 Å². The van der Waals surface area contributed by atoms with Crippen molar-refractivity contribution in [1.29, 1.82) is 0 Å². The van der Waals surface area contributed by atoms with Crippen molar-refractivity contribution in [3.05, 3.63) is 12.2 Å². The van der Waals surface area contributed by atoms with Crippen LogP contribution >= 0.6 is 0 Å². The van der Waals surface area contributed by atoms with E-state index in [1.807, 2.05) is 0 Å². The largest absolute Gasteiger partial charge is 0.411 e. The van der Waals surface area contributed by atoms with E-state index in [2.05, 4.69) is 86.8 Å². The third-order valence-corrected chi connectivity index (χ3v) is 15.4. The summed E-state index contributed by atoms with van der Waals surface area (Å²) in [7, 11) is -3.94. The van der Waals surface area contributed by atoms with E-state index in [-0.39, 0.29) is 28.9 Å². The van der Waals surface area contributed by atoms with Gasteiger partial charge in [-0.2, -0.15) is 0 Å². The summed E-state index contributed by atoms with van der Waals surface area (Å²) in [5, 5.41) is 10.4. The minimum atomic E-state index is -1.98. The molecule has 0 fully saturated rings. The zero-order valence-corrected chi connectivity index (χ0v) is 22.1. The van der Waals surface area contributed by atoms with Crippen LogP contribution in [0.15, 0.2) is 12.2 Å². The quantitative estimate of drug-likeness (QED) is 0.226. The van der Waals surface area contributed by atoms with E-state index in [0.29, 0.717) is 0 Å². The van der Waals surface area contributed by atoms with Gasteiger partial charge in [-0.15, -0.1) is 0 Å². The maximum atomic E-state index is 10.2. The number of aliphatic hydroxyl groups excluding tert-OH is 1. The van der Waals surface area contributed by atoms with Gasteiger partial charge in [0.1, 0.15) is 0 Å². The van der Waals surface area contributed by atoms with Crippen molar-refractivity contribution >= 4 is 16.6 Å². The highest BCUT2D eigenvalue weighted by Gasteiger charge is 2.44. The summed E-state index contributed by atoms with van der Waals surface area (Å²) >= 11 is 0. The molecule has 0 amide bonds. The highest BCUT2D eigenvalue weighted by Crippen LogP contribution is 2.40. The SMILES string of the molecule is CCCC/C=C\C[C@H](O[Si](C)(C)C(C)(C)C)[C@H](CO)O[Si](C)(C)C(C)(C)C. The van der Waals surface area contributed by atoms with Crippen LogP contribution < -0.4 is 0 Å². The van der Waals surface area contributed by atoms with Gasteiger partial charge in [-0.25, -0.2) is 0 Å². The van der Waals surface area contributed by atoms with E-state index < -0.39 is 16.6 Å². The summed E-state index contributed by atoms with van der Waals surface area (Å²) in [5.74, 6) is 0. The molecule has 0 saturated heterocycles. The van der Waals surface area contributed by atoms with Crippen LogP contribution in [0.4, 0.5) is 0 Å². The Balaban J connectivity index is 5.48. The highest BCUT2D eigenvalue weighted by atomic mass is 28.4. The summed E-state index contributed by atoms with van der Waals surface area (Å²) in [6.07, 6.45) is 8.46. The van der Waals surface area contributed by atoms with Gasteiger partial charge in [0.15, 0.2) is 16.6 Å². The van der Waals surface area contributed by atoms with Gasteiger partial charge >= 0.3 is 0 Å². The van der Waals surface area contributed by atoms with Gasteiger partial charge in [0.25, 0.3) is 0 Å². The molecule has 2 atom stereocenters. The van der Waals surface area contributed by atoms with Crippen molar-refractivity contribution in [2.24, 2.45) is 0 Å². The Morgan fingerprint density at radius 1 is 0.815 bits per heavy atom. The zero-order valence-electron chi connectivity index (χ0n) is 20.1. The third kappa shape index (κ3) is 8.94. The first-order chi connectivity index (χ1) is 12.1. The fourth-order valence-corrected chi connectivity index (χ4v) is 4.98. The van der Waals surface area contributed by atoms with Crippen LogP contribution in [-0.4, -0.2) is 40.6 Å². The smallest absolute Gasteiger partial charge is 0.192 e. The molecule has 0 spiro atoms. The standard InChI is InChI=1S/C22H48O3Si2/c1-12-13-14-15-16-17-19(24-26(8,9)21(2,3)4)20(18-23)25-27(10,11)22(5,6)7/h15-16,19-20,23H,12-14,17-18H2,1-11H3/b16-15-/t19-,20-/m0/s1. The number of hydrogen-bond donors (Lipinski definition) is 1. The predicted molar refractivity (Wildman–Crippen MR) is 125 cm³/mol. The molecule has 0 aliphatic carbocycles. The summed E-state index contributed by atoms with van der Waals surface area (Å²) in [5.41, 5.74) is 0. The lowest BCUT2D eigenvalue weighted by Crippen LogP contribution is -2.52. The Morgan fingerprint density at radius 2 is 1.26 bits per heavy atom. The van der Waals surface area contributed by atoms with Crippen molar-refractivity contribution in [1.82, 2.24) is 0 Å². The molecule has 0 rings (SSSR count). The van der Waals surface area contributed by atoms with Gasteiger partial charge in [-0.05, 0) is 49.1 Å². The minimum Gasteiger partial charge on any atom is -0.411 e. The lowest BCUT2D eigenvalue weighted by Gasteiger charge is -2.44. The fraction of sp³-hybridized carbons (Fsp3) is 0.909. The zero-order chi connectivity index (χ0) is 21.5. The molecule has 0 aromatic carbocycles. The second-order valence-electron chi connectivity index (χ2n) is 10.9. The summed E-state index contributed by atoms with van der Waals surface area (Å²) in [6, 6.07) is 0.